The normalized spacial score (nSPS) is 21.1. The molecule has 3 aromatic rings. The van der Waals surface area contributed by atoms with Crippen LogP contribution < -0.4 is 4.74 Å². The second-order valence-corrected chi connectivity index (χ2v) is 9.59. The number of ether oxygens (including phenoxy) is 1. The lowest BCUT2D eigenvalue weighted by atomic mass is 9.95. The number of hydrogen-bond donors (Lipinski definition) is 1. The van der Waals surface area contributed by atoms with Gasteiger partial charge in [-0.15, -0.1) is 0 Å². The van der Waals surface area contributed by atoms with Crippen LogP contribution in [0.4, 0.5) is 5.69 Å². The predicted molar refractivity (Wildman–Crippen MR) is 133 cm³/mol. The number of hydrogen-bond acceptors (Lipinski definition) is 4. The number of piperidine rings is 1. The van der Waals surface area contributed by atoms with Crippen LogP contribution in [0.25, 0.3) is 11.1 Å². The smallest absolute Gasteiger partial charge is 0.269 e. The van der Waals surface area contributed by atoms with Crippen molar-refractivity contribution in [3.8, 4) is 16.9 Å². The summed E-state index contributed by atoms with van der Waals surface area (Å²) >= 11 is 0. The number of likely N-dealkylation sites (tertiary alicyclic amines) is 1. The highest BCUT2D eigenvalue weighted by atomic mass is 16.6. The second kappa shape index (κ2) is 10.8. The zero-order valence-corrected chi connectivity index (χ0v) is 19.7. The van der Waals surface area contributed by atoms with Gasteiger partial charge in [-0.1, -0.05) is 49.4 Å². The quantitative estimate of drug-likeness (QED) is 0.261. The maximum atomic E-state index is 11.0. The Morgan fingerprint density at radius 2 is 1.59 bits per heavy atom. The van der Waals surface area contributed by atoms with Crippen molar-refractivity contribution in [1.29, 1.82) is 0 Å². The minimum Gasteiger partial charge on any atom is -0.491 e. The minimum atomic E-state index is -0.597. The van der Waals surface area contributed by atoms with Gasteiger partial charge in [-0.25, -0.2) is 0 Å². The zero-order chi connectivity index (χ0) is 24.0. The van der Waals surface area contributed by atoms with Crippen LogP contribution in [0.15, 0.2) is 78.9 Å². The molecule has 4 rings (SSSR count). The Morgan fingerprint density at radius 3 is 2.21 bits per heavy atom. The standard InChI is InChI=1S/C28H33N2O4/c1-22-15-17-30(18-16-22,19-23-7-11-26(12-8-23)29(32)33)20-27(31)21-34-28-13-9-25(10-14-28)24-5-3-2-4-6-24/h2-14,22,27,31H,15-21H2,1H3/q+1/t22?,27-,30?/m1/s1. The second-order valence-electron chi connectivity index (χ2n) is 9.59. The molecule has 0 spiro atoms. The van der Waals surface area contributed by atoms with E-state index in [2.05, 4.69) is 19.1 Å². The fourth-order valence-electron chi connectivity index (χ4n) is 4.83. The first kappa shape index (κ1) is 23.9. The van der Waals surface area contributed by atoms with Crippen LogP contribution in [0.1, 0.15) is 25.3 Å². The van der Waals surface area contributed by atoms with Crippen LogP contribution in [0.3, 0.4) is 0 Å². The van der Waals surface area contributed by atoms with E-state index < -0.39 is 6.10 Å². The number of benzene rings is 3. The lowest BCUT2D eigenvalue weighted by Gasteiger charge is -2.44. The van der Waals surface area contributed by atoms with Gasteiger partial charge in [0.05, 0.1) is 18.0 Å². The van der Waals surface area contributed by atoms with Crippen molar-refractivity contribution in [2.45, 2.75) is 32.4 Å². The molecular weight excluding hydrogens is 428 g/mol. The highest BCUT2D eigenvalue weighted by molar-refractivity contribution is 5.63. The third-order valence-electron chi connectivity index (χ3n) is 6.86. The average Bonchev–Trinajstić information content (AvgIpc) is 2.86. The number of non-ortho nitro benzene ring substituents is 1. The molecule has 0 aromatic heterocycles. The predicted octanol–water partition coefficient (Wildman–Crippen LogP) is 5.45. The van der Waals surface area contributed by atoms with Crippen molar-refractivity contribution in [2.75, 3.05) is 26.2 Å². The third-order valence-corrected chi connectivity index (χ3v) is 6.86. The van der Waals surface area contributed by atoms with E-state index in [4.69, 9.17) is 4.74 Å². The summed E-state index contributed by atoms with van der Waals surface area (Å²) in [5.41, 5.74) is 3.45. The molecule has 0 amide bonds. The number of aliphatic hydroxyl groups is 1. The van der Waals surface area contributed by atoms with E-state index in [1.807, 2.05) is 54.6 Å². The third kappa shape index (κ3) is 6.22. The molecule has 6 nitrogen and oxygen atoms in total. The SMILES string of the molecule is CC1CC[N+](Cc2ccc([N+](=O)[O-])cc2)(C[C@@H](O)COc2ccc(-c3ccccc3)cc2)CC1. The van der Waals surface area contributed by atoms with E-state index in [-0.39, 0.29) is 17.2 Å². The molecule has 0 radical (unpaired) electrons. The van der Waals surface area contributed by atoms with E-state index in [1.54, 1.807) is 12.1 Å². The fraction of sp³-hybridized carbons (Fsp3) is 0.357. The molecule has 0 aliphatic carbocycles. The maximum Gasteiger partial charge on any atom is 0.269 e. The Bertz CT molecular complexity index is 1060. The highest BCUT2D eigenvalue weighted by Gasteiger charge is 2.35. The van der Waals surface area contributed by atoms with Crippen LogP contribution in [-0.2, 0) is 6.54 Å². The highest BCUT2D eigenvalue weighted by Crippen LogP contribution is 2.28. The van der Waals surface area contributed by atoms with E-state index in [0.29, 0.717) is 12.5 Å². The number of rotatable bonds is 9. The first-order valence-corrected chi connectivity index (χ1v) is 12.0. The van der Waals surface area contributed by atoms with Gasteiger partial charge in [0.15, 0.2) is 0 Å². The summed E-state index contributed by atoms with van der Waals surface area (Å²) in [5.74, 6) is 1.42. The van der Waals surface area contributed by atoms with E-state index in [9.17, 15) is 15.2 Å². The van der Waals surface area contributed by atoms with E-state index in [0.717, 1.165) is 59.4 Å². The van der Waals surface area contributed by atoms with E-state index >= 15 is 0 Å². The summed E-state index contributed by atoms with van der Waals surface area (Å²) < 4.78 is 6.70. The monoisotopic (exact) mass is 461 g/mol. The van der Waals surface area contributed by atoms with Gasteiger partial charge in [0.25, 0.3) is 5.69 Å². The number of nitro groups is 1. The molecule has 6 heteroatoms. The summed E-state index contributed by atoms with van der Waals surface area (Å²) in [6, 6.07) is 25.0. The van der Waals surface area contributed by atoms with Crippen LogP contribution in [0.2, 0.25) is 0 Å². The number of quaternary nitrogens is 1. The molecule has 1 N–H and O–H groups in total. The summed E-state index contributed by atoms with van der Waals surface area (Å²) in [7, 11) is 0. The first-order chi connectivity index (χ1) is 16.4. The van der Waals surface area contributed by atoms with Crippen molar-refractivity contribution in [3.63, 3.8) is 0 Å². The van der Waals surface area contributed by atoms with Crippen LogP contribution in [0, 0.1) is 16.0 Å². The first-order valence-electron chi connectivity index (χ1n) is 12.0. The molecule has 1 fully saturated rings. The Kier molecular flexibility index (Phi) is 7.60. The van der Waals surface area contributed by atoms with Crippen molar-refractivity contribution >= 4 is 5.69 Å². The van der Waals surface area contributed by atoms with Gasteiger partial charge in [0.2, 0.25) is 0 Å². The summed E-state index contributed by atoms with van der Waals surface area (Å²) in [5, 5.41) is 21.9. The maximum absolute atomic E-state index is 11.0. The lowest BCUT2D eigenvalue weighted by molar-refractivity contribution is -0.948. The topological polar surface area (TPSA) is 72.6 Å². The molecule has 3 aromatic carbocycles. The van der Waals surface area contributed by atoms with E-state index in [1.165, 1.54) is 0 Å². The molecule has 0 unspecified atom stereocenters. The molecule has 1 saturated heterocycles. The summed E-state index contributed by atoms with van der Waals surface area (Å²) in [6.07, 6.45) is 1.63. The zero-order valence-electron chi connectivity index (χ0n) is 19.7. The van der Waals surface area contributed by atoms with Gasteiger partial charge in [0, 0.05) is 17.7 Å². The molecule has 178 valence electrons. The number of nitro benzene ring substituents is 1. The fourth-order valence-corrected chi connectivity index (χ4v) is 4.83. The molecule has 1 aliphatic heterocycles. The van der Waals surface area contributed by atoms with Crippen molar-refractivity contribution in [1.82, 2.24) is 0 Å². The van der Waals surface area contributed by atoms with Gasteiger partial charge < -0.3 is 14.3 Å². The Hall–Kier alpha value is -3.22. The minimum absolute atomic E-state index is 0.106. The molecule has 1 aliphatic rings. The molecule has 34 heavy (non-hydrogen) atoms. The van der Waals surface area contributed by atoms with Crippen LogP contribution >= 0.6 is 0 Å². The van der Waals surface area contributed by atoms with Crippen molar-refractivity contribution in [2.24, 2.45) is 5.92 Å². The van der Waals surface area contributed by atoms with Gasteiger partial charge in [-0.2, -0.15) is 0 Å². The Balaban J connectivity index is 1.37. The molecular formula is C28H33N2O4+. The number of aliphatic hydroxyl groups excluding tert-OH is 1. The van der Waals surface area contributed by atoms with Gasteiger partial charge >= 0.3 is 0 Å². The van der Waals surface area contributed by atoms with Crippen LogP contribution in [0.5, 0.6) is 5.75 Å². The Labute approximate surface area is 201 Å². The molecule has 1 heterocycles. The Morgan fingerprint density at radius 1 is 0.971 bits per heavy atom. The van der Waals surface area contributed by atoms with Crippen molar-refractivity contribution in [3.05, 3.63) is 94.5 Å². The van der Waals surface area contributed by atoms with Gasteiger partial charge in [0.1, 0.15) is 31.5 Å². The van der Waals surface area contributed by atoms with Gasteiger partial charge in [-0.05, 0) is 54.2 Å². The molecule has 1 atom stereocenters. The molecule has 0 bridgehead atoms. The summed E-state index contributed by atoms with van der Waals surface area (Å²) in [6.45, 7) is 5.85. The molecule has 0 saturated carbocycles. The lowest BCUT2D eigenvalue weighted by Crippen LogP contribution is -2.56. The number of nitrogens with zero attached hydrogens (tertiary/aromatic N) is 2. The summed E-state index contributed by atoms with van der Waals surface area (Å²) in [4.78, 5) is 10.6. The van der Waals surface area contributed by atoms with Crippen molar-refractivity contribution < 1.29 is 19.2 Å². The largest absolute Gasteiger partial charge is 0.491 e. The average molecular weight is 462 g/mol. The van der Waals surface area contributed by atoms with Gasteiger partial charge in [-0.3, -0.25) is 10.1 Å². The van der Waals surface area contributed by atoms with Crippen LogP contribution in [-0.4, -0.2) is 46.9 Å².